The molecule has 5 aromatic rings. The molecule has 0 atom stereocenters. The summed E-state index contributed by atoms with van der Waals surface area (Å²) in [5.74, 6) is -10.0. The molecule has 0 aliphatic rings. The maximum absolute atomic E-state index is 12.0. The fraction of sp³-hybridized carbons (Fsp3) is 0. The normalized spacial score (nSPS) is 10.5. The second-order valence-corrected chi connectivity index (χ2v) is 14.9. The van der Waals surface area contributed by atoms with Crippen LogP contribution in [0.2, 0.25) is 0 Å². The summed E-state index contributed by atoms with van der Waals surface area (Å²) in [4.78, 5) is 0. The molecule has 0 amide bonds. The standard InChI is InChI=1S/2C14H14P.C6F5.2Au.ClH/c2*1-15(2,13-9-5-3-6-10-13)14-11-7-4-8-12-14;7-2-1-3(8)5(10)6(11)4(2)9;;;/h2*3-12H,1-2H2;;;;1H/q3*-1;;+1;/p-1. The van der Waals surface area contributed by atoms with E-state index >= 15 is 0 Å². The fourth-order valence-electron chi connectivity index (χ4n) is 3.65. The molecule has 241 valence electrons. The van der Waals surface area contributed by atoms with Gasteiger partial charge in [-0.3, -0.25) is 8.78 Å². The molecule has 0 spiro atoms. The SMILES string of the molecule is Fc1[c-]c(F)c(F)c(F)c1F.[Au].[CH2-][P+]([CH2-])(c1ccccc1)c1ccccc1.[CH2-][P+]([CH2-])(c1ccccc1)c1ccccc1.[Cl][Au]. The van der Waals surface area contributed by atoms with Crippen LogP contribution in [0.5, 0.6) is 0 Å². The van der Waals surface area contributed by atoms with Crippen molar-refractivity contribution in [3.8, 4) is 0 Å². The zero-order chi connectivity index (χ0) is 32.0. The van der Waals surface area contributed by atoms with Crippen molar-refractivity contribution >= 4 is 44.9 Å². The van der Waals surface area contributed by atoms with Gasteiger partial charge in [0, 0.05) is 43.6 Å². The first-order valence-corrected chi connectivity index (χ1v) is 19.4. The Hall–Kier alpha value is -1.62. The van der Waals surface area contributed by atoms with Crippen LogP contribution >= 0.6 is 23.7 Å². The molecule has 0 aliphatic carbocycles. The van der Waals surface area contributed by atoms with Crippen LogP contribution in [-0.2, 0) is 42.4 Å². The molecule has 0 nitrogen and oxygen atoms in total. The third kappa shape index (κ3) is 11.3. The van der Waals surface area contributed by atoms with Crippen molar-refractivity contribution in [3.05, 3.63) is 183 Å². The molecule has 0 bridgehead atoms. The van der Waals surface area contributed by atoms with Crippen LogP contribution in [0, 0.1) is 61.8 Å². The molecule has 5 aromatic carbocycles. The molecule has 5 rings (SSSR count). The number of hydrogen-bond acceptors (Lipinski definition) is 0. The quantitative estimate of drug-likeness (QED) is 0.0421. The first-order valence-electron chi connectivity index (χ1n) is 12.4. The van der Waals surface area contributed by atoms with E-state index in [1.165, 1.54) is 21.2 Å². The Kier molecular flexibility index (Phi) is 18.2. The van der Waals surface area contributed by atoms with Crippen LogP contribution in [0.15, 0.2) is 121 Å². The molecule has 10 heteroatoms. The van der Waals surface area contributed by atoms with Crippen LogP contribution in [0.1, 0.15) is 0 Å². The van der Waals surface area contributed by atoms with Gasteiger partial charge in [0.2, 0.25) is 0 Å². The molecule has 44 heavy (non-hydrogen) atoms. The average Bonchev–Trinajstić information content (AvgIpc) is 3.06. The van der Waals surface area contributed by atoms with Crippen molar-refractivity contribution in [2.45, 2.75) is 0 Å². The maximum atomic E-state index is 12.0. The van der Waals surface area contributed by atoms with Crippen LogP contribution in [-0.4, -0.2) is 0 Å². The van der Waals surface area contributed by atoms with Crippen LogP contribution in [0.3, 0.4) is 0 Å². The zero-order valence-corrected chi connectivity index (χ0v) is 30.0. The molecular formula is C34H28Au2ClF5P2-3. The van der Waals surface area contributed by atoms with Crippen LogP contribution in [0.4, 0.5) is 22.0 Å². The molecule has 0 aliphatic heterocycles. The van der Waals surface area contributed by atoms with Gasteiger partial charge in [0.1, 0.15) is 0 Å². The van der Waals surface area contributed by atoms with Gasteiger partial charge in [0.15, 0.2) is 0 Å². The first kappa shape index (κ1) is 40.4. The van der Waals surface area contributed by atoms with Gasteiger partial charge < -0.3 is 0 Å². The van der Waals surface area contributed by atoms with Gasteiger partial charge in [0.25, 0.3) is 0 Å². The van der Waals surface area contributed by atoms with Crippen molar-refractivity contribution in [2.75, 3.05) is 0 Å². The van der Waals surface area contributed by atoms with Gasteiger partial charge in [-0.2, -0.15) is 41.2 Å². The van der Waals surface area contributed by atoms with E-state index in [0.717, 1.165) is 6.07 Å². The summed E-state index contributed by atoms with van der Waals surface area (Å²) in [5.41, 5.74) is 0. The van der Waals surface area contributed by atoms with E-state index in [1.807, 2.05) is 72.8 Å². The van der Waals surface area contributed by atoms with Gasteiger partial charge in [-0.15, -0.1) is 6.07 Å². The Morgan fingerprint density at radius 3 is 0.841 bits per heavy atom. The van der Waals surface area contributed by atoms with Gasteiger partial charge in [-0.05, 0) is 48.5 Å². The predicted octanol–water partition coefficient (Wildman–Crippen LogP) is 9.34. The Morgan fingerprint density at radius 2 is 0.636 bits per heavy atom. The summed E-state index contributed by atoms with van der Waals surface area (Å²) >= 11 is 1.75. The van der Waals surface area contributed by atoms with Crippen molar-refractivity contribution in [1.29, 1.82) is 0 Å². The van der Waals surface area contributed by atoms with E-state index in [-0.39, 0.29) is 22.4 Å². The number of hydrogen-bond donors (Lipinski definition) is 0. The molecule has 0 aromatic heterocycles. The number of benzene rings is 5. The van der Waals surface area contributed by atoms with Crippen LogP contribution < -0.4 is 21.2 Å². The molecule has 0 saturated carbocycles. The van der Waals surface area contributed by atoms with Crippen molar-refractivity contribution < 1.29 is 64.3 Å². The van der Waals surface area contributed by atoms with E-state index in [0.29, 0.717) is 0 Å². The van der Waals surface area contributed by atoms with Crippen molar-refractivity contribution in [3.63, 3.8) is 0 Å². The minimum absolute atomic E-state index is 0. The zero-order valence-electron chi connectivity index (χ0n) is 23.1. The van der Waals surface area contributed by atoms with Gasteiger partial charge >= 0.3 is 29.2 Å². The van der Waals surface area contributed by atoms with E-state index in [9.17, 15) is 22.0 Å². The first-order chi connectivity index (χ1) is 20.5. The summed E-state index contributed by atoms with van der Waals surface area (Å²) in [6.45, 7) is 17.2. The van der Waals surface area contributed by atoms with Crippen LogP contribution in [0.25, 0.3) is 0 Å². The summed E-state index contributed by atoms with van der Waals surface area (Å²) < 4.78 is 59.9. The van der Waals surface area contributed by atoms with E-state index in [4.69, 9.17) is 0 Å². The van der Waals surface area contributed by atoms with E-state index in [2.05, 4.69) is 84.4 Å². The molecular weight excluding hydrogens is 995 g/mol. The number of halogens is 6. The average molecular weight is 1020 g/mol. The Morgan fingerprint density at radius 1 is 0.432 bits per heavy atom. The van der Waals surface area contributed by atoms with Gasteiger partial charge in [-0.1, -0.05) is 72.8 Å². The molecule has 1 radical (unpaired) electrons. The van der Waals surface area contributed by atoms with Gasteiger partial charge in [-0.25, -0.2) is 13.2 Å². The second kappa shape index (κ2) is 19.8. The summed E-state index contributed by atoms with van der Waals surface area (Å²) in [5, 5.41) is 4.99. The third-order valence-electron chi connectivity index (χ3n) is 5.99. The second-order valence-electron chi connectivity index (χ2n) is 8.97. The topological polar surface area (TPSA) is 0 Å². The summed E-state index contributed by atoms with van der Waals surface area (Å²) in [7, 11) is 1.29. The molecule has 0 heterocycles. The van der Waals surface area contributed by atoms with Crippen molar-refractivity contribution in [1.82, 2.24) is 0 Å². The molecule has 0 N–H and O–H groups in total. The van der Waals surface area contributed by atoms with E-state index in [1.54, 1.807) is 20.0 Å². The molecule has 0 unspecified atom stereocenters. The Bertz CT molecular complexity index is 1330. The third-order valence-corrected chi connectivity index (χ3v) is 11.1. The monoisotopic (exact) mass is 1020 g/mol. The van der Waals surface area contributed by atoms with Gasteiger partial charge in [0.05, 0.1) is 29.1 Å². The fourth-order valence-corrected chi connectivity index (χ4v) is 7.21. The van der Waals surface area contributed by atoms with Crippen molar-refractivity contribution in [2.24, 2.45) is 0 Å². The Balaban J connectivity index is 0.000000321. The molecule has 0 fully saturated rings. The summed E-state index contributed by atoms with van der Waals surface area (Å²) in [6.07, 6.45) is 0. The molecule has 0 saturated heterocycles. The Labute approximate surface area is 290 Å². The summed E-state index contributed by atoms with van der Waals surface area (Å²) in [6, 6.07) is 42.4. The predicted molar refractivity (Wildman–Crippen MR) is 170 cm³/mol. The number of rotatable bonds is 4. The minimum atomic E-state index is -2.17. The van der Waals surface area contributed by atoms with E-state index < -0.39 is 43.6 Å².